The number of carbonyl (C=O) groups is 1. The number of nitrogens with zero attached hydrogens (tertiary/aromatic N) is 3. The fourth-order valence-electron chi connectivity index (χ4n) is 4.27. The van der Waals surface area contributed by atoms with Gasteiger partial charge in [0.15, 0.2) is 5.75 Å². The first kappa shape index (κ1) is 21.8. The van der Waals surface area contributed by atoms with E-state index < -0.39 is 0 Å². The molecule has 5 rings (SSSR count). The Morgan fingerprint density at radius 2 is 1.59 bits per heavy atom. The van der Waals surface area contributed by atoms with Crippen LogP contribution in [0.1, 0.15) is 11.1 Å². The molecule has 1 amide bonds. The van der Waals surface area contributed by atoms with Gasteiger partial charge in [-0.05, 0) is 48.0 Å². The molecule has 0 radical (unpaired) electrons. The molecule has 0 aromatic heterocycles. The quantitative estimate of drug-likeness (QED) is 0.585. The van der Waals surface area contributed by atoms with Gasteiger partial charge >= 0.3 is 0 Å². The highest BCUT2D eigenvalue weighted by atomic mass is 16.5. The van der Waals surface area contributed by atoms with Gasteiger partial charge in [0.05, 0.1) is 26.2 Å². The van der Waals surface area contributed by atoms with Crippen molar-refractivity contribution in [1.29, 1.82) is 0 Å². The summed E-state index contributed by atoms with van der Waals surface area (Å²) in [6.45, 7) is 2.64. The number of hydrogen-bond acceptors (Lipinski definition) is 6. The summed E-state index contributed by atoms with van der Waals surface area (Å²) in [6.07, 6.45) is 0.381. The number of hydrogen-bond donors (Lipinski definition) is 0. The van der Waals surface area contributed by atoms with Gasteiger partial charge in [-0.3, -0.25) is 4.79 Å². The Balaban J connectivity index is 1.34. The molecule has 3 aromatic carbocycles. The minimum absolute atomic E-state index is 0.128. The molecular weight excluding hydrogens is 430 g/mol. The lowest BCUT2D eigenvalue weighted by Crippen LogP contribution is -2.51. The molecule has 2 aliphatic rings. The van der Waals surface area contributed by atoms with Gasteiger partial charge in [-0.25, -0.2) is 4.99 Å². The molecule has 0 atom stereocenters. The third-order valence-electron chi connectivity index (χ3n) is 6.19. The number of piperazine rings is 1. The van der Waals surface area contributed by atoms with E-state index in [1.807, 2.05) is 71.6 Å². The van der Waals surface area contributed by atoms with E-state index in [0.717, 1.165) is 45.6 Å². The van der Waals surface area contributed by atoms with Crippen molar-refractivity contribution < 1.29 is 19.0 Å². The average Bonchev–Trinajstić information content (AvgIpc) is 3.05. The van der Waals surface area contributed by atoms with Gasteiger partial charge < -0.3 is 24.0 Å². The van der Waals surface area contributed by atoms with Crippen LogP contribution < -0.4 is 14.2 Å². The first-order valence-corrected chi connectivity index (χ1v) is 11.3. The summed E-state index contributed by atoms with van der Waals surface area (Å²) in [7, 11) is 3.29. The number of para-hydroxylation sites is 2. The molecule has 0 aliphatic carbocycles. The zero-order chi connectivity index (χ0) is 23.5. The van der Waals surface area contributed by atoms with Crippen molar-refractivity contribution in [2.24, 2.45) is 4.99 Å². The second kappa shape index (κ2) is 9.47. The van der Waals surface area contributed by atoms with Crippen LogP contribution in [0.2, 0.25) is 0 Å². The van der Waals surface area contributed by atoms with E-state index >= 15 is 0 Å². The van der Waals surface area contributed by atoms with Gasteiger partial charge in [0.1, 0.15) is 28.8 Å². The van der Waals surface area contributed by atoms with Gasteiger partial charge in [-0.2, -0.15) is 0 Å². The lowest BCUT2D eigenvalue weighted by Gasteiger charge is -2.36. The van der Waals surface area contributed by atoms with Gasteiger partial charge in [0.2, 0.25) is 5.91 Å². The van der Waals surface area contributed by atoms with Crippen molar-refractivity contribution in [2.75, 3.05) is 40.4 Å². The highest BCUT2D eigenvalue weighted by Crippen LogP contribution is 2.39. The minimum atomic E-state index is 0.128. The van der Waals surface area contributed by atoms with E-state index in [2.05, 4.69) is 4.90 Å². The smallest absolute Gasteiger partial charge is 0.227 e. The highest BCUT2D eigenvalue weighted by Gasteiger charge is 2.28. The van der Waals surface area contributed by atoms with E-state index in [1.54, 1.807) is 14.2 Å². The Labute approximate surface area is 199 Å². The van der Waals surface area contributed by atoms with E-state index in [0.29, 0.717) is 32.6 Å². The first-order chi connectivity index (χ1) is 16.6. The Kier molecular flexibility index (Phi) is 6.08. The molecular formula is C27H27N3O4. The molecule has 7 nitrogen and oxygen atoms in total. The van der Waals surface area contributed by atoms with E-state index in [1.165, 1.54) is 0 Å². The second-order valence-corrected chi connectivity index (χ2v) is 8.26. The molecule has 1 fully saturated rings. The van der Waals surface area contributed by atoms with Crippen molar-refractivity contribution in [3.05, 3.63) is 77.9 Å². The maximum atomic E-state index is 12.9. The molecule has 1 saturated heterocycles. The molecule has 0 unspecified atom stereocenters. The Morgan fingerprint density at radius 1 is 0.882 bits per heavy atom. The normalized spacial score (nSPS) is 14.8. The van der Waals surface area contributed by atoms with Gasteiger partial charge in [0, 0.05) is 26.2 Å². The van der Waals surface area contributed by atoms with Crippen molar-refractivity contribution in [3.8, 4) is 23.0 Å². The zero-order valence-electron chi connectivity index (χ0n) is 19.4. The van der Waals surface area contributed by atoms with Crippen molar-refractivity contribution in [1.82, 2.24) is 9.80 Å². The van der Waals surface area contributed by atoms with Gasteiger partial charge in [0.25, 0.3) is 0 Å². The largest absolute Gasteiger partial charge is 0.497 e. The Hall–Kier alpha value is -4.00. The monoisotopic (exact) mass is 457 g/mol. The summed E-state index contributed by atoms with van der Waals surface area (Å²) < 4.78 is 16.9. The van der Waals surface area contributed by atoms with E-state index in [4.69, 9.17) is 19.2 Å². The number of benzene rings is 3. The molecule has 3 aromatic rings. The summed E-state index contributed by atoms with van der Waals surface area (Å²) >= 11 is 0. The molecule has 7 heteroatoms. The number of fused-ring (bicyclic) bond motifs is 2. The fourth-order valence-corrected chi connectivity index (χ4v) is 4.27. The molecule has 0 spiro atoms. The maximum absolute atomic E-state index is 12.9. The number of rotatable bonds is 4. The van der Waals surface area contributed by atoms with Crippen LogP contribution in [-0.2, 0) is 11.2 Å². The van der Waals surface area contributed by atoms with Crippen LogP contribution in [-0.4, -0.2) is 61.9 Å². The predicted molar refractivity (Wildman–Crippen MR) is 131 cm³/mol. The van der Waals surface area contributed by atoms with Crippen molar-refractivity contribution >= 4 is 17.4 Å². The average molecular weight is 458 g/mol. The Bertz CT molecular complexity index is 1210. The van der Waals surface area contributed by atoms with Crippen LogP contribution in [0.5, 0.6) is 23.0 Å². The highest BCUT2D eigenvalue weighted by molar-refractivity contribution is 6.04. The number of carbonyl (C=O) groups excluding carboxylic acids is 1. The summed E-state index contributed by atoms with van der Waals surface area (Å²) in [5.41, 5.74) is 2.65. The first-order valence-electron chi connectivity index (χ1n) is 11.3. The van der Waals surface area contributed by atoms with Crippen LogP contribution in [0.25, 0.3) is 0 Å². The number of ether oxygens (including phenoxy) is 3. The third kappa shape index (κ3) is 4.41. The fraction of sp³-hybridized carbons (Fsp3) is 0.259. The standard InChI is InChI=1S/C27H27N3O4/c1-32-20-9-7-19(8-10-20)17-26(31)29-13-15-30(16-14-29)27-22-18-21(33-2)11-12-24(22)34-25-6-4-3-5-23(25)28-27/h3-12,18H,13-17H2,1-2H3. The van der Waals surface area contributed by atoms with Crippen LogP contribution in [0.15, 0.2) is 71.7 Å². The molecule has 174 valence electrons. The van der Waals surface area contributed by atoms with E-state index in [9.17, 15) is 4.79 Å². The molecule has 0 N–H and O–H groups in total. The third-order valence-corrected chi connectivity index (χ3v) is 6.19. The summed E-state index contributed by atoms with van der Waals surface area (Å²) in [5, 5.41) is 0. The Morgan fingerprint density at radius 3 is 2.32 bits per heavy atom. The lowest BCUT2D eigenvalue weighted by molar-refractivity contribution is -0.131. The number of methoxy groups -OCH3 is 2. The second-order valence-electron chi connectivity index (χ2n) is 8.26. The van der Waals surface area contributed by atoms with Gasteiger partial charge in [-0.1, -0.05) is 24.3 Å². The number of amides is 1. The van der Waals surface area contributed by atoms with Crippen molar-refractivity contribution in [2.45, 2.75) is 6.42 Å². The number of aliphatic imine (C=N–C) groups is 1. The zero-order valence-corrected chi connectivity index (χ0v) is 19.4. The molecule has 2 heterocycles. The molecule has 0 saturated carbocycles. The molecule has 34 heavy (non-hydrogen) atoms. The molecule has 2 aliphatic heterocycles. The van der Waals surface area contributed by atoms with Crippen LogP contribution in [0.3, 0.4) is 0 Å². The summed E-state index contributed by atoms with van der Waals surface area (Å²) in [5.74, 6) is 3.95. The van der Waals surface area contributed by atoms with Crippen LogP contribution in [0.4, 0.5) is 5.69 Å². The van der Waals surface area contributed by atoms with Crippen molar-refractivity contribution in [3.63, 3.8) is 0 Å². The number of amidine groups is 1. The predicted octanol–water partition coefficient (Wildman–Crippen LogP) is 4.27. The van der Waals surface area contributed by atoms with Gasteiger partial charge in [-0.15, -0.1) is 0 Å². The van der Waals surface area contributed by atoms with Crippen LogP contribution in [0, 0.1) is 0 Å². The lowest BCUT2D eigenvalue weighted by atomic mass is 10.1. The van der Waals surface area contributed by atoms with E-state index in [-0.39, 0.29) is 5.91 Å². The summed E-state index contributed by atoms with van der Waals surface area (Å²) in [6, 6.07) is 21.2. The molecule has 0 bridgehead atoms. The topological polar surface area (TPSA) is 63.6 Å². The van der Waals surface area contributed by atoms with Crippen LogP contribution >= 0.6 is 0 Å². The maximum Gasteiger partial charge on any atom is 0.227 e. The summed E-state index contributed by atoms with van der Waals surface area (Å²) in [4.78, 5) is 22.0. The SMILES string of the molecule is COc1ccc(CC(=O)N2CCN(C3=Nc4ccccc4Oc4ccc(OC)cc43)CC2)cc1. The minimum Gasteiger partial charge on any atom is -0.497 e.